The van der Waals surface area contributed by atoms with E-state index in [-0.39, 0.29) is 0 Å². The molecule has 1 unspecified atom stereocenters. The SMILES string of the molecule is CC1c2ncc(Cn3cccn3)n2CCN1Cc1ccsc1.O=C(O)C(F)(F)F.O=C(O)C(F)(F)F. The molecular weight excluding hydrogens is 520 g/mol. The second-order valence-electron chi connectivity index (χ2n) is 7.35. The molecule has 36 heavy (non-hydrogen) atoms. The molecule has 9 nitrogen and oxygen atoms in total. The molecule has 16 heteroatoms. The number of aliphatic carboxylic acids is 2. The van der Waals surface area contributed by atoms with Crippen molar-refractivity contribution >= 4 is 23.3 Å². The molecule has 0 spiro atoms. The van der Waals surface area contributed by atoms with Gasteiger partial charge in [-0.25, -0.2) is 14.6 Å². The Hall–Kier alpha value is -3.40. The molecule has 1 atom stereocenters. The molecule has 0 fully saturated rings. The minimum absolute atomic E-state index is 0.347. The number of rotatable bonds is 4. The molecule has 1 aliphatic rings. The third-order valence-corrected chi connectivity index (χ3v) is 5.57. The summed E-state index contributed by atoms with van der Waals surface area (Å²) < 4.78 is 67.8. The number of thiophene rings is 1. The molecule has 4 heterocycles. The summed E-state index contributed by atoms with van der Waals surface area (Å²) in [5.74, 6) is -4.34. The van der Waals surface area contributed by atoms with Crippen LogP contribution in [-0.2, 0) is 29.2 Å². The first-order valence-electron chi connectivity index (χ1n) is 10.1. The molecule has 0 aromatic carbocycles. The molecule has 0 saturated heterocycles. The van der Waals surface area contributed by atoms with Crippen molar-refractivity contribution in [3.63, 3.8) is 0 Å². The number of imidazole rings is 1. The van der Waals surface area contributed by atoms with Crippen molar-refractivity contribution < 1.29 is 46.1 Å². The highest BCUT2D eigenvalue weighted by molar-refractivity contribution is 7.07. The topological polar surface area (TPSA) is 113 Å². The fraction of sp³-hybridized carbons (Fsp3) is 0.400. The highest BCUT2D eigenvalue weighted by atomic mass is 32.1. The Bertz CT molecular complexity index is 1090. The first kappa shape index (κ1) is 28.8. The molecule has 2 N–H and O–H groups in total. The van der Waals surface area contributed by atoms with Crippen LogP contribution in [0.2, 0.25) is 0 Å². The van der Waals surface area contributed by atoms with Crippen LogP contribution in [0.25, 0.3) is 0 Å². The molecular formula is C20H21F6N5O4S. The van der Waals surface area contributed by atoms with Gasteiger partial charge in [0.25, 0.3) is 0 Å². The molecule has 1 aliphatic heterocycles. The molecule has 0 aliphatic carbocycles. The lowest BCUT2D eigenvalue weighted by Gasteiger charge is -2.34. The van der Waals surface area contributed by atoms with E-state index in [4.69, 9.17) is 19.8 Å². The maximum atomic E-state index is 10.6. The normalized spacial score (nSPS) is 15.7. The summed E-state index contributed by atoms with van der Waals surface area (Å²) in [6, 6.07) is 4.51. The third-order valence-electron chi connectivity index (χ3n) is 4.84. The minimum Gasteiger partial charge on any atom is -0.475 e. The van der Waals surface area contributed by atoms with E-state index in [9.17, 15) is 26.3 Å². The second-order valence-corrected chi connectivity index (χ2v) is 8.13. The predicted octanol–water partition coefficient (Wildman–Crippen LogP) is 4.03. The lowest BCUT2D eigenvalue weighted by Crippen LogP contribution is -2.37. The van der Waals surface area contributed by atoms with Gasteiger partial charge in [-0.05, 0) is 35.4 Å². The van der Waals surface area contributed by atoms with E-state index < -0.39 is 24.3 Å². The molecule has 0 saturated carbocycles. The predicted molar refractivity (Wildman–Crippen MR) is 114 cm³/mol. The number of carbonyl (C=O) groups is 2. The van der Waals surface area contributed by atoms with Crippen molar-refractivity contribution in [2.24, 2.45) is 0 Å². The first-order valence-corrected chi connectivity index (χ1v) is 11.0. The van der Waals surface area contributed by atoms with E-state index in [1.165, 1.54) is 17.1 Å². The number of halogens is 6. The van der Waals surface area contributed by atoms with Crippen LogP contribution in [0.15, 0.2) is 41.5 Å². The number of nitrogens with zero attached hydrogens (tertiary/aromatic N) is 5. The Morgan fingerprint density at radius 2 is 1.69 bits per heavy atom. The Morgan fingerprint density at radius 1 is 1.08 bits per heavy atom. The number of aromatic nitrogens is 4. The van der Waals surface area contributed by atoms with Gasteiger partial charge < -0.3 is 14.8 Å². The molecule has 0 bridgehead atoms. The summed E-state index contributed by atoms with van der Waals surface area (Å²) in [4.78, 5) is 25.0. The van der Waals surface area contributed by atoms with Gasteiger partial charge in [0.1, 0.15) is 5.82 Å². The van der Waals surface area contributed by atoms with Crippen molar-refractivity contribution in [3.05, 3.63) is 58.6 Å². The maximum absolute atomic E-state index is 10.6. The largest absolute Gasteiger partial charge is 0.490 e. The monoisotopic (exact) mass is 541 g/mol. The number of hydrogen-bond donors (Lipinski definition) is 2. The van der Waals surface area contributed by atoms with Crippen molar-refractivity contribution in [1.82, 2.24) is 24.2 Å². The van der Waals surface area contributed by atoms with Gasteiger partial charge in [-0.2, -0.15) is 42.8 Å². The van der Waals surface area contributed by atoms with Gasteiger partial charge in [0.05, 0.1) is 24.5 Å². The molecule has 4 rings (SSSR count). The Balaban J connectivity index is 0.000000271. The van der Waals surface area contributed by atoms with Gasteiger partial charge in [0, 0.05) is 32.0 Å². The van der Waals surface area contributed by atoms with Crippen LogP contribution in [0.5, 0.6) is 0 Å². The van der Waals surface area contributed by atoms with Gasteiger partial charge >= 0.3 is 24.3 Å². The lowest BCUT2D eigenvalue weighted by molar-refractivity contribution is -0.193. The van der Waals surface area contributed by atoms with E-state index in [0.717, 1.165) is 26.2 Å². The molecule has 0 amide bonds. The fourth-order valence-corrected chi connectivity index (χ4v) is 3.78. The molecule has 0 radical (unpaired) electrons. The summed E-state index contributed by atoms with van der Waals surface area (Å²) in [5, 5.41) is 22.9. The van der Waals surface area contributed by atoms with Crippen LogP contribution in [0.4, 0.5) is 26.3 Å². The Morgan fingerprint density at radius 3 is 2.17 bits per heavy atom. The average Bonchev–Trinajstić information content (AvgIpc) is 3.53. The van der Waals surface area contributed by atoms with Crippen LogP contribution in [-0.4, -0.2) is 65.3 Å². The summed E-state index contributed by atoms with van der Waals surface area (Å²) in [6.45, 7) is 6.11. The quantitative estimate of drug-likeness (QED) is 0.480. The zero-order chi connectivity index (χ0) is 27.1. The molecule has 198 valence electrons. The van der Waals surface area contributed by atoms with Crippen molar-refractivity contribution in [1.29, 1.82) is 0 Å². The van der Waals surface area contributed by atoms with Gasteiger partial charge in [-0.1, -0.05) is 0 Å². The number of fused-ring (bicyclic) bond motifs is 1. The van der Waals surface area contributed by atoms with E-state index in [1.807, 2.05) is 29.3 Å². The van der Waals surface area contributed by atoms with Gasteiger partial charge in [-0.3, -0.25) is 9.58 Å². The van der Waals surface area contributed by atoms with Crippen molar-refractivity contribution in [3.8, 4) is 0 Å². The van der Waals surface area contributed by atoms with Crippen LogP contribution >= 0.6 is 11.3 Å². The fourth-order valence-electron chi connectivity index (χ4n) is 3.12. The highest BCUT2D eigenvalue weighted by Crippen LogP contribution is 2.27. The zero-order valence-electron chi connectivity index (χ0n) is 18.6. The van der Waals surface area contributed by atoms with Gasteiger partial charge in [0.2, 0.25) is 0 Å². The summed E-state index contributed by atoms with van der Waals surface area (Å²) in [6.07, 6.45) is -4.35. The van der Waals surface area contributed by atoms with Crippen molar-refractivity contribution in [2.45, 2.75) is 45.0 Å². The van der Waals surface area contributed by atoms with E-state index in [2.05, 4.69) is 43.3 Å². The second kappa shape index (κ2) is 12.0. The summed E-state index contributed by atoms with van der Waals surface area (Å²) in [7, 11) is 0. The molecule has 3 aromatic rings. The van der Waals surface area contributed by atoms with Gasteiger partial charge in [0.15, 0.2) is 0 Å². The average molecular weight is 541 g/mol. The van der Waals surface area contributed by atoms with Crippen molar-refractivity contribution in [2.75, 3.05) is 6.54 Å². The first-order chi connectivity index (χ1) is 16.7. The van der Waals surface area contributed by atoms with Gasteiger partial charge in [-0.15, -0.1) is 0 Å². The maximum Gasteiger partial charge on any atom is 0.490 e. The minimum atomic E-state index is -5.08. The smallest absolute Gasteiger partial charge is 0.475 e. The third kappa shape index (κ3) is 8.37. The van der Waals surface area contributed by atoms with Crippen LogP contribution in [0.1, 0.15) is 30.0 Å². The van der Waals surface area contributed by atoms with E-state index in [1.54, 1.807) is 11.3 Å². The Kier molecular flexibility index (Phi) is 9.63. The zero-order valence-corrected chi connectivity index (χ0v) is 19.4. The standard InChI is InChI=1S/C16H19N5S.2C2HF3O2/c1-13-16-17-9-15(11-20-5-2-4-18-20)21(16)7-6-19(13)10-14-3-8-22-12-14;2*3-2(4,5)1(6)7/h2-5,8-9,12-13H,6-7,10-11H2,1H3;2*(H,6,7). The Labute approximate surface area is 204 Å². The highest BCUT2D eigenvalue weighted by Gasteiger charge is 2.38. The van der Waals surface area contributed by atoms with E-state index in [0.29, 0.717) is 6.04 Å². The van der Waals surface area contributed by atoms with Crippen LogP contribution in [0.3, 0.4) is 0 Å². The van der Waals surface area contributed by atoms with E-state index >= 15 is 0 Å². The number of alkyl halides is 6. The summed E-state index contributed by atoms with van der Waals surface area (Å²) in [5.41, 5.74) is 2.63. The van der Waals surface area contributed by atoms with Crippen LogP contribution in [0, 0.1) is 0 Å². The summed E-state index contributed by atoms with van der Waals surface area (Å²) >= 11 is 1.76. The van der Waals surface area contributed by atoms with Crippen LogP contribution < -0.4 is 0 Å². The number of carboxylic acid groups (broad SMARTS) is 2. The number of carboxylic acids is 2. The lowest BCUT2D eigenvalue weighted by atomic mass is 10.2. The molecule has 3 aromatic heterocycles. The number of hydrogen-bond acceptors (Lipinski definition) is 6.